The van der Waals surface area contributed by atoms with Gasteiger partial charge in [-0.3, -0.25) is 0 Å². The quantitative estimate of drug-likeness (QED) is 0.446. The minimum atomic E-state index is -1.15. The molecule has 0 aliphatic rings. The summed E-state index contributed by atoms with van der Waals surface area (Å²) in [4.78, 5) is 0. The van der Waals surface area contributed by atoms with E-state index < -0.39 is 8.07 Å². The Morgan fingerprint density at radius 1 is 1.00 bits per heavy atom. The minimum Gasteiger partial charge on any atom is -0.168 e. The molecule has 0 aliphatic carbocycles. The molecule has 14 heavy (non-hydrogen) atoms. The molecule has 0 saturated carbocycles. The molecule has 0 N–H and O–H groups in total. The van der Waals surface area contributed by atoms with Crippen molar-refractivity contribution in [2.75, 3.05) is 0 Å². The maximum absolute atomic E-state index is 2.40. The third-order valence-electron chi connectivity index (χ3n) is 2.49. The average Bonchev–Trinajstić information content (AvgIpc) is 2.45. The average molecular weight is 194 g/mol. The number of benzene rings is 1. The van der Waals surface area contributed by atoms with Crippen LogP contribution in [0.15, 0.2) is 36.4 Å². The number of rotatable bonds is 1. The summed E-state index contributed by atoms with van der Waals surface area (Å²) in [6, 6.07) is 13.2. The maximum Gasteiger partial charge on any atom is 1.00 e. The van der Waals surface area contributed by atoms with E-state index in [0.717, 1.165) is 0 Å². The Morgan fingerprint density at radius 3 is 2.29 bits per heavy atom. The molecule has 2 aromatic rings. The van der Waals surface area contributed by atoms with Gasteiger partial charge in [-0.2, -0.15) is 12.1 Å². The third kappa shape index (κ3) is 2.01. The molecule has 0 fully saturated rings. The first kappa shape index (κ1) is 11.7. The molecule has 0 aliphatic heterocycles. The van der Waals surface area contributed by atoms with Crippen LogP contribution in [0.5, 0.6) is 0 Å². The van der Waals surface area contributed by atoms with Gasteiger partial charge in [0.1, 0.15) is 0 Å². The van der Waals surface area contributed by atoms with E-state index >= 15 is 0 Å². The van der Waals surface area contributed by atoms with Crippen molar-refractivity contribution in [1.29, 1.82) is 0 Å². The van der Waals surface area contributed by atoms with Gasteiger partial charge < -0.3 is 0 Å². The molecule has 0 spiro atoms. The van der Waals surface area contributed by atoms with Crippen molar-refractivity contribution in [3.05, 3.63) is 36.4 Å². The second-order valence-corrected chi connectivity index (χ2v) is 9.62. The van der Waals surface area contributed by atoms with Crippen LogP contribution in [-0.4, -0.2) is 8.07 Å². The predicted octanol–water partition coefficient (Wildman–Crippen LogP) is 0.108. The minimum absolute atomic E-state index is 0. The Bertz CT molecular complexity index is 423. The Labute approximate surface area is 98.9 Å². The summed E-state index contributed by atoms with van der Waals surface area (Å²) in [7, 11) is -1.15. The third-order valence-corrected chi connectivity index (χ3v) is 4.54. The first-order valence-electron chi connectivity index (χ1n) is 4.74. The normalized spacial score (nSPS) is 11.4. The fraction of sp³-hybridized carbons (Fsp3) is 0.250. The summed E-state index contributed by atoms with van der Waals surface area (Å²) >= 11 is 0. The van der Waals surface area contributed by atoms with Gasteiger partial charge in [0.25, 0.3) is 0 Å². The van der Waals surface area contributed by atoms with E-state index in [1.165, 1.54) is 10.8 Å². The number of hydrogen-bond donors (Lipinski definition) is 0. The van der Waals surface area contributed by atoms with E-state index in [2.05, 4.69) is 56.0 Å². The Hall–Kier alpha value is -0.356. The molecule has 2 rings (SSSR count). The standard InChI is InChI=1S/C12H15Si.Li/c1-13(2,3)12-9-8-10-6-4-5-7-11(10)12;/h4-9H,1-3H3;/q-1;+1. The van der Waals surface area contributed by atoms with Crippen LogP contribution in [0.25, 0.3) is 10.8 Å². The van der Waals surface area contributed by atoms with E-state index in [4.69, 9.17) is 0 Å². The fourth-order valence-corrected chi connectivity index (χ4v) is 3.42. The maximum atomic E-state index is 2.40. The summed E-state index contributed by atoms with van der Waals surface area (Å²) in [5.41, 5.74) is 0. The Morgan fingerprint density at radius 2 is 1.64 bits per heavy atom. The molecule has 0 atom stereocenters. The van der Waals surface area contributed by atoms with Gasteiger partial charge in [-0.05, 0) is 0 Å². The van der Waals surface area contributed by atoms with Crippen molar-refractivity contribution >= 4 is 24.0 Å². The molecular formula is C12H15LiSi. The van der Waals surface area contributed by atoms with Crippen LogP contribution in [0.1, 0.15) is 0 Å². The second kappa shape index (κ2) is 4.02. The zero-order valence-corrected chi connectivity index (χ0v) is 10.5. The first-order valence-corrected chi connectivity index (χ1v) is 8.24. The van der Waals surface area contributed by atoms with Gasteiger partial charge in [-0.1, -0.05) is 25.7 Å². The summed E-state index contributed by atoms with van der Waals surface area (Å²) < 4.78 is 0. The Balaban J connectivity index is 0.000000980. The summed E-state index contributed by atoms with van der Waals surface area (Å²) in [6.45, 7) is 7.19. The molecule has 0 nitrogen and oxygen atoms in total. The van der Waals surface area contributed by atoms with Gasteiger partial charge in [0.15, 0.2) is 0 Å². The van der Waals surface area contributed by atoms with Crippen LogP contribution in [0, 0.1) is 0 Å². The van der Waals surface area contributed by atoms with Crippen molar-refractivity contribution in [3.8, 4) is 0 Å². The van der Waals surface area contributed by atoms with Crippen molar-refractivity contribution < 1.29 is 18.9 Å². The molecule has 0 radical (unpaired) electrons. The smallest absolute Gasteiger partial charge is 0.168 e. The van der Waals surface area contributed by atoms with Crippen molar-refractivity contribution in [3.63, 3.8) is 0 Å². The largest absolute Gasteiger partial charge is 1.00 e. The summed E-state index contributed by atoms with van der Waals surface area (Å²) in [5.74, 6) is 0. The number of hydrogen-bond acceptors (Lipinski definition) is 0. The van der Waals surface area contributed by atoms with Crippen LogP contribution >= 0.6 is 0 Å². The van der Waals surface area contributed by atoms with Crippen molar-refractivity contribution in [2.24, 2.45) is 0 Å². The van der Waals surface area contributed by atoms with Gasteiger partial charge in [0.05, 0.1) is 0 Å². The zero-order valence-electron chi connectivity index (χ0n) is 9.46. The molecular weight excluding hydrogens is 179 g/mol. The van der Waals surface area contributed by atoms with E-state index in [1.54, 1.807) is 5.19 Å². The molecule has 0 bridgehead atoms. The SMILES string of the molecule is C[Si](C)(C)[c-]1ccc2ccccc21.[Li+]. The molecule has 68 valence electrons. The van der Waals surface area contributed by atoms with E-state index in [1.807, 2.05) is 0 Å². The molecule has 0 amide bonds. The molecule has 0 heterocycles. The van der Waals surface area contributed by atoms with Crippen LogP contribution in [-0.2, 0) is 0 Å². The van der Waals surface area contributed by atoms with Gasteiger partial charge >= 0.3 is 18.9 Å². The van der Waals surface area contributed by atoms with E-state index in [9.17, 15) is 0 Å². The topological polar surface area (TPSA) is 0 Å². The van der Waals surface area contributed by atoms with E-state index in [0.29, 0.717) is 0 Å². The Kier molecular flexibility index (Phi) is 3.37. The van der Waals surface area contributed by atoms with Gasteiger partial charge in [0, 0.05) is 8.07 Å². The van der Waals surface area contributed by atoms with Crippen LogP contribution in [0.4, 0.5) is 0 Å². The van der Waals surface area contributed by atoms with Crippen molar-refractivity contribution in [2.45, 2.75) is 19.6 Å². The predicted molar refractivity (Wildman–Crippen MR) is 62.5 cm³/mol. The van der Waals surface area contributed by atoms with Crippen LogP contribution in [0.2, 0.25) is 19.6 Å². The van der Waals surface area contributed by atoms with Gasteiger partial charge in [-0.25, -0.2) is 0 Å². The van der Waals surface area contributed by atoms with Crippen LogP contribution < -0.4 is 24.0 Å². The molecule has 2 heteroatoms. The zero-order chi connectivity index (χ0) is 9.47. The molecule has 0 unspecified atom stereocenters. The molecule has 2 aromatic carbocycles. The monoisotopic (exact) mass is 194 g/mol. The van der Waals surface area contributed by atoms with Gasteiger partial charge in [0.2, 0.25) is 0 Å². The number of fused-ring (bicyclic) bond motifs is 1. The van der Waals surface area contributed by atoms with Crippen LogP contribution in [0.3, 0.4) is 0 Å². The van der Waals surface area contributed by atoms with E-state index in [-0.39, 0.29) is 18.9 Å². The molecule has 0 saturated heterocycles. The van der Waals surface area contributed by atoms with Gasteiger partial charge in [-0.15, -0.1) is 34.2 Å². The fourth-order valence-electron chi connectivity index (χ4n) is 1.80. The summed E-state index contributed by atoms with van der Waals surface area (Å²) in [6.07, 6.45) is 0. The molecule has 0 aromatic heterocycles. The second-order valence-electron chi connectivity index (χ2n) is 4.58. The summed E-state index contributed by atoms with van der Waals surface area (Å²) in [5, 5.41) is 4.43. The first-order chi connectivity index (χ1) is 6.09. The van der Waals surface area contributed by atoms with Crippen molar-refractivity contribution in [1.82, 2.24) is 0 Å².